The maximum atomic E-state index is 12.0. The number of benzene rings is 2. The molecular weight excluding hydrogens is 485 g/mol. The minimum atomic E-state index is -0.863. The fraction of sp³-hybridized carbons (Fsp3) is 0.150. The SMILES string of the molecule is Cc1ccc2c(Cl)cc(Cl)c(OCC(=O)OCC(=O)Nc3ccc(Cl)cc3[N+](=O)[O-])c2n1. The largest absolute Gasteiger partial charge is 0.478 e. The van der Waals surface area contributed by atoms with Crippen LogP contribution in [0.3, 0.4) is 0 Å². The number of nitro benzene ring substituents is 1. The zero-order chi connectivity index (χ0) is 23.4. The number of ether oxygens (including phenoxy) is 2. The van der Waals surface area contributed by atoms with Crippen molar-refractivity contribution in [3.63, 3.8) is 0 Å². The minimum Gasteiger partial charge on any atom is -0.478 e. The molecule has 1 N–H and O–H groups in total. The van der Waals surface area contributed by atoms with Crippen LogP contribution in [-0.2, 0) is 14.3 Å². The molecule has 0 fully saturated rings. The molecule has 3 aromatic rings. The van der Waals surface area contributed by atoms with Gasteiger partial charge in [-0.3, -0.25) is 14.9 Å². The van der Waals surface area contributed by atoms with Gasteiger partial charge >= 0.3 is 5.97 Å². The Labute approximate surface area is 196 Å². The van der Waals surface area contributed by atoms with Crippen LogP contribution in [0.5, 0.6) is 5.75 Å². The van der Waals surface area contributed by atoms with Crippen molar-refractivity contribution >= 4 is 69.0 Å². The molecule has 0 aliphatic heterocycles. The van der Waals surface area contributed by atoms with Crippen LogP contribution in [0.4, 0.5) is 11.4 Å². The highest BCUT2D eigenvalue weighted by Crippen LogP contribution is 2.37. The predicted octanol–water partition coefficient (Wildman–Crippen LogP) is 4.97. The van der Waals surface area contributed by atoms with Gasteiger partial charge in [0.1, 0.15) is 11.2 Å². The van der Waals surface area contributed by atoms with E-state index in [2.05, 4.69) is 10.3 Å². The van der Waals surface area contributed by atoms with Crippen molar-refractivity contribution in [1.82, 2.24) is 4.98 Å². The Kier molecular flexibility index (Phi) is 7.34. The van der Waals surface area contributed by atoms with E-state index in [0.717, 1.165) is 6.07 Å². The number of esters is 1. The first-order valence-corrected chi connectivity index (χ1v) is 10.1. The summed E-state index contributed by atoms with van der Waals surface area (Å²) in [5.41, 5.74) is 0.587. The quantitative estimate of drug-likeness (QED) is 0.277. The molecule has 0 atom stereocenters. The topological polar surface area (TPSA) is 121 Å². The second-order valence-electron chi connectivity index (χ2n) is 6.43. The van der Waals surface area contributed by atoms with Gasteiger partial charge in [0.25, 0.3) is 11.6 Å². The molecule has 0 spiro atoms. The molecule has 0 saturated carbocycles. The molecule has 0 aliphatic carbocycles. The van der Waals surface area contributed by atoms with Crippen molar-refractivity contribution in [1.29, 1.82) is 0 Å². The summed E-state index contributed by atoms with van der Waals surface area (Å²) in [6.45, 7) is 0.533. The molecule has 0 unspecified atom stereocenters. The van der Waals surface area contributed by atoms with Crippen LogP contribution < -0.4 is 10.1 Å². The third-order valence-corrected chi connectivity index (χ3v) is 4.93. The average molecular weight is 499 g/mol. The standard InChI is InChI=1S/C20H14Cl3N3O6/c1-10-2-4-12-13(22)7-14(23)20(19(12)24-10)32-9-18(28)31-8-17(27)25-15-5-3-11(21)6-16(15)26(29)30/h2-7H,8-9H2,1H3,(H,25,27). The van der Waals surface area contributed by atoms with Gasteiger partial charge in [0.2, 0.25) is 0 Å². The maximum Gasteiger partial charge on any atom is 0.344 e. The highest BCUT2D eigenvalue weighted by Gasteiger charge is 2.18. The molecule has 0 aliphatic rings. The number of halogens is 3. The molecule has 1 aromatic heterocycles. The molecule has 1 amide bonds. The monoisotopic (exact) mass is 497 g/mol. The molecule has 3 rings (SSSR count). The van der Waals surface area contributed by atoms with E-state index >= 15 is 0 Å². The number of pyridine rings is 1. The number of rotatable bonds is 7. The molecule has 0 bridgehead atoms. The van der Waals surface area contributed by atoms with Gasteiger partial charge in [0.05, 0.1) is 15.0 Å². The van der Waals surface area contributed by atoms with E-state index in [-0.39, 0.29) is 21.5 Å². The van der Waals surface area contributed by atoms with E-state index in [1.807, 2.05) is 0 Å². The number of nitrogens with zero attached hydrogens (tertiary/aromatic N) is 2. The predicted molar refractivity (Wildman–Crippen MR) is 120 cm³/mol. The number of anilines is 1. The van der Waals surface area contributed by atoms with Crippen LogP contribution in [0.15, 0.2) is 36.4 Å². The number of hydrogen-bond donors (Lipinski definition) is 1. The Balaban J connectivity index is 1.61. The Morgan fingerprint density at radius 2 is 1.84 bits per heavy atom. The average Bonchev–Trinajstić information content (AvgIpc) is 2.73. The lowest BCUT2D eigenvalue weighted by atomic mass is 10.2. The first kappa shape index (κ1) is 23.5. The smallest absolute Gasteiger partial charge is 0.344 e. The van der Waals surface area contributed by atoms with E-state index in [1.165, 1.54) is 18.2 Å². The summed E-state index contributed by atoms with van der Waals surface area (Å²) in [6, 6.07) is 8.72. The lowest BCUT2D eigenvalue weighted by Gasteiger charge is -2.12. The number of carbonyl (C=O) groups excluding carboxylic acids is 2. The summed E-state index contributed by atoms with van der Waals surface area (Å²) in [4.78, 5) is 38.8. The van der Waals surface area contributed by atoms with E-state index in [4.69, 9.17) is 44.3 Å². The number of aryl methyl sites for hydroxylation is 1. The fourth-order valence-electron chi connectivity index (χ4n) is 2.69. The number of carbonyl (C=O) groups is 2. The maximum absolute atomic E-state index is 12.0. The third kappa shape index (κ3) is 5.56. The normalized spacial score (nSPS) is 10.6. The lowest BCUT2D eigenvalue weighted by molar-refractivity contribution is -0.383. The number of hydrogen-bond acceptors (Lipinski definition) is 7. The molecule has 0 radical (unpaired) electrons. The van der Waals surface area contributed by atoms with E-state index < -0.39 is 35.7 Å². The third-order valence-electron chi connectivity index (χ3n) is 4.11. The summed E-state index contributed by atoms with van der Waals surface area (Å²) >= 11 is 18.1. The highest BCUT2D eigenvalue weighted by atomic mass is 35.5. The molecule has 9 nitrogen and oxygen atoms in total. The molecule has 1 heterocycles. The number of amides is 1. The van der Waals surface area contributed by atoms with Gasteiger partial charge in [-0.05, 0) is 37.3 Å². The number of aromatic nitrogens is 1. The summed E-state index contributed by atoms with van der Waals surface area (Å²) in [6.07, 6.45) is 0. The first-order chi connectivity index (χ1) is 15.2. The summed E-state index contributed by atoms with van der Waals surface area (Å²) in [7, 11) is 0. The first-order valence-electron chi connectivity index (χ1n) is 8.93. The van der Waals surface area contributed by atoms with Gasteiger partial charge in [-0.25, -0.2) is 9.78 Å². The number of fused-ring (bicyclic) bond motifs is 1. The van der Waals surface area contributed by atoms with Gasteiger partial charge in [-0.2, -0.15) is 0 Å². The zero-order valence-electron chi connectivity index (χ0n) is 16.4. The van der Waals surface area contributed by atoms with Crippen molar-refractivity contribution in [3.8, 4) is 5.75 Å². The molecule has 2 aromatic carbocycles. The minimum absolute atomic E-state index is 0.0856. The summed E-state index contributed by atoms with van der Waals surface area (Å²) < 4.78 is 10.3. The Morgan fingerprint density at radius 1 is 1.09 bits per heavy atom. The summed E-state index contributed by atoms with van der Waals surface area (Å²) in [5, 5.41) is 14.6. The Bertz CT molecular complexity index is 1230. The van der Waals surface area contributed by atoms with Crippen LogP contribution in [0.25, 0.3) is 10.9 Å². The number of nitro groups is 1. The van der Waals surface area contributed by atoms with E-state index in [1.54, 1.807) is 19.1 Å². The molecular formula is C20H14Cl3N3O6. The van der Waals surface area contributed by atoms with Crippen LogP contribution in [0, 0.1) is 17.0 Å². The van der Waals surface area contributed by atoms with E-state index in [9.17, 15) is 19.7 Å². The van der Waals surface area contributed by atoms with Gasteiger partial charge in [-0.1, -0.05) is 34.8 Å². The highest BCUT2D eigenvalue weighted by molar-refractivity contribution is 6.39. The van der Waals surface area contributed by atoms with Gasteiger partial charge in [0.15, 0.2) is 19.0 Å². The van der Waals surface area contributed by atoms with Crippen molar-refractivity contribution in [2.24, 2.45) is 0 Å². The molecule has 32 heavy (non-hydrogen) atoms. The van der Waals surface area contributed by atoms with Gasteiger partial charge in [-0.15, -0.1) is 0 Å². The molecule has 12 heteroatoms. The van der Waals surface area contributed by atoms with Gasteiger partial charge in [0, 0.05) is 22.2 Å². The number of nitrogens with one attached hydrogen (secondary N) is 1. The van der Waals surface area contributed by atoms with Crippen molar-refractivity contribution in [2.45, 2.75) is 6.92 Å². The van der Waals surface area contributed by atoms with Crippen LogP contribution in [0.2, 0.25) is 15.1 Å². The molecule has 166 valence electrons. The summed E-state index contributed by atoms with van der Waals surface area (Å²) in [5.74, 6) is -1.50. The van der Waals surface area contributed by atoms with Crippen LogP contribution in [0.1, 0.15) is 5.69 Å². The zero-order valence-corrected chi connectivity index (χ0v) is 18.6. The fourth-order valence-corrected chi connectivity index (χ4v) is 3.43. The van der Waals surface area contributed by atoms with Crippen molar-refractivity contribution < 1.29 is 24.0 Å². The molecule has 0 saturated heterocycles. The van der Waals surface area contributed by atoms with Crippen molar-refractivity contribution in [3.05, 3.63) is 67.3 Å². The van der Waals surface area contributed by atoms with Crippen LogP contribution in [-0.4, -0.2) is 35.0 Å². The van der Waals surface area contributed by atoms with Gasteiger partial charge < -0.3 is 14.8 Å². The second-order valence-corrected chi connectivity index (χ2v) is 7.69. The van der Waals surface area contributed by atoms with E-state index in [0.29, 0.717) is 21.6 Å². The Morgan fingerprint density at radius 3 is 2.56 bits per heavy atom. The van der Waals surface area contributed by atoms with Crippen molar-refractivity contribution in [2.75, 3.05) is 18.5 Å². The second kappa shape index (κ2) is 9.99. The lowest BCUT2D eigenvalue weighted by Crippen LogP contribution is -2.24. The Hall–Kier alpha value is -3.14. The van der Waals surface area contributed by atoms with Crippen LogP contribution >= 0.6 is 34.8 Å².